The van der Waals surface area contributed by atoms with Crippen LogP contribution in [0.4, 0.5) is 4.39 Å². The highest BCUT2D eigenvalue weighted by Gasteiger charge is 2.26. The van der Waals surface area contributed by atoms with Crippen molar-refractivity contribution in [2.75, 3.05) is 67.2 Å². The molecule has 1 N–H and O–H groups in total. The van der Waals surface area contributed by atoms with Crippen molar-refractivity contribution in [2.45, 2.75) is 19.9 Å². The third kappa shape index (κ3) is 8.58. The van der Waals surface area contributed by atoms with Gasteiger partial charge in [0.15, 0.2) is 18.1 Å². The van der Waals surface area contributed by atoms with Gasteiger partial charge in [-0.2, -0.15) is 0 Å². The van der Waals surface area contributed by atoms with E-state index in [0.717, 1.165) is 59.6 Å². The van der Waals surface area contributed by atoms with Crippen molar-refractivity contribution in [3.63, 3.8) is 0 Å². The second-order valence-corrected chi connectivity index (χ2v) is 11.7. The van der Waals surface area contributed by atoms with Gasteiger partial charge < -0.3 is 29.2 Å². The molecule has 0 aromatic heterocycles. The molecule has 3 aromatic rings. The van der Waals surface area contributed by atoms with Crippen molar-refractivity contribution in [1.29, 1.82) is 0 Å². The van der Waals surface area contributed by atoms with Crippen LogP contribution in [0.1, 0.15) is 35.6 Å². The van der Waals surface area contributed by atoms with E-state index in [9.17, 15) is 14.0 Å². The van der Waals surface area contributed by atoms with E-state index in [2.05, 4.69) is 22.2 Å². The first-order valence-electron chi connectivity index (χ1n) is 15.7. The Kier molecular flexibility index (Phi) is 11.3. The zero-order chi connectivity index (χ0) is 33.3. The van der Waals surface area contributed by atoms with Crippen LogP contribution in [0.2, 0.25) is 0 Å². The number of halogens is 1. The molecule has 1 heterocycles. The summed E-state index contributed by atoms with van der Waals surface area (Å²) < 4.78 is 36.9. The van der Waals surface area contributed by atoms with Gasteiger partial charge in [-0.05, 0) is 83.3 Å². The molecule has 1 fully saturated rings. The molecular formula is C37H42FN3O6. The van der Waals surface area contributed by atoms with Crippen molar-refractivity contribution in [1.82, 2.24) is 15.1 Å². The molecule has 248 valence electrons. The fraction of sp³-hybridized carbons (Fsp3) is 0.351. The Morgan fingerprint density at radius 1 is 0.936 bits per heavy atom. The highest BCUT2D eigenvalue weighted by atomic mass is 19.1. The van der Waals surface area contributed by atoms with E-state index in [0.29, 0.717) is 36.8 Å². The molecule has 0 radical (unpaired) electrons. The van der Waals surface area contributed by atoms with E-state index in [4.69, 9.17) is 18.9 Å². The van der Waals surface area contributed by atoms with Gasteiger partial charge in [0.2, 0.25) is 11.7 Å². The third-order valence-corrected chi connectivity index (χ3v) is 8.52. The number of nitrogens with one attached hydrogen (secondary N) is 1. The number of rotatable bonds is 13. The van der Waals surface area contributed by atoms with E-state index in [1.54, 1.807) is 18.2 Å². The predicted octanol–water partition coefficient (Wildman–Crippen LogP) is 5.05. The minimum Gasteiger partial charge on any atom is -0.493 e. The molecule has 5 rings (SSSR count). The van der Waals surface area contributed by atoms with Gasteiger partial charge in [0, 0.05) is 39.3 Å². The van der Waals surface area contributed by atoms with Gasteiger partial charge in [-0.15, -0.1) is 0 Å². The summed E-state index contributed by atoms with van der Waals surface area (Å²) in [7, 11) is 5.12. The molecule has 0 atom stereocenters. The van der Waals surface area contributed by atoms with Crippen molar-refractivity contribution in [3.05, 3.63) is 94.3 Å². The second-order valence-electron chi connectivity index (χ2n) is 11.7. The van der Waals surface area contributed by atoms with E-state index >= 15 is 0 Å². The molecule has 0 spiro atoms. The van der Waals surface area contributed by atoms with E-state index in [1.807, 2.05) is 43.3 Å². The number of nitrogens with zero attached hydrogens (tertiary/aromatic N) is 2. The summed E-state index contributed by atoms with van der Waals surface area (Å²) in [5, 5.41) is 2.97. The third-order valence-electron chi connectivity index (χ3n) is 8.52. The van der Waals surface area contributed by atoms with Crippen LogP contribution in [-0.4, -0.2) is 88.9 Å². The fourth-order valence-electron chi connectivity index (χ4n) is 5.83. The number of carbonyl (C=O) groups excluding carboxylic acids is 2. The van der Waals surface area contributed by atoms with Gasteiger partial charge in [0.05, 0.1) is 20.6 Å². The summed E-state index contributed by atoms with van der Waals surface area (Å²) in [6, 6.07) is 17.9. The number of benzene rings is 3. The number of ether oxygens (including phenoxy) is 4. The van der Waals surface area contributed by atoms with Crippen LogP contribution in [-0.2, 0) is 20.9 Å². The normalized spacial score (nSPS) is 15.8. The van der Waals surface area contributed by atoms with Crippen molar-refractivity contribution < 1.29 is 32.9 Å². The maximum Gasteiger partial charge on any atom is 0.344 e. The Morgan fingerprint density at radius 3 is 2.32 bits per heavy atom. The van der Waals surface area contributed by atoms with Crippen LogP contribution in [0.15, 0.2) is 66.2 Å². The first-order valence-corrected chi connectivity index (χ1v) is 15.7. The topological polar surface area (TPSA) is 89.6 Å². The zero-order valence-corrected chi connectivity index (χ0v) is 27.4. The smallest absolute Gasteiger partial charge is 0.344 e. The van der Waals surface area contributed by atoms with Crippen LogP contribution >= 0.6 is 0 Å². The Balaban J connectivity index is 1.30. The van der Waals surface area contributed by atoms with Crippen LogP contribution in [0.25, 0.3) is 17.2 Å². The summed E-state index contributed by atoms with van der Waals surface area (Å²) in [6.45, 7) is 6.91. The van der Waals surface area contributed by atoms with Gasteiger partial charge in [0.25, 0.3) is 0 Å². The lowest BCUT2D eigenvalue weighted by Gasteiger charge is -2.32. The zero-order valence-electron chi connectivity index (χ0n) is 27.4. The van der Waals surface area contributed by atoms with Gasteiger partial charge in [-0.3, -0.25) is 9.69 Å². The van der Waals surface area contributed by atoms with Gasteiger partial charge in [-0.25, -0.2) is 9.18 Å². The second kappa shape index (κ2) is 15.8. The average molecular weight is 644 g/mol. The van der Waals surface area contributed by atoms with Gasteiger partial charge >= 0.3 is 5.97 Å². The quantitative estimate of drug-likeness (QED) is 0.259. The Labute approximate surface area is 275 Å². The summed E-state index contributed by atoms with van der Waals surface area (Å²) >= 11 is 0. The van der Waals surface area contributed by atoms with E-state index < -0.39 is 5.97 Å². The van der Waals surface area contributed by atoms with Crippen LogP contribution in [0.5, 0.6) is 17.2 Å². The number of methoxy groups -OCH3 is 2. The SMILES string of the molecule is COc1cc(C=C2C(C)=C(CC(=O)NCc3ccccc3)c3cc(F)ccc32)cc(OC)c1OCC(=O)OCCN1CCN(C)CC1. The molecule has 1 aliphatic carbocycles. The van der Waals surface area contributed by atoms with E-state index in [-0.39, 0.29) is 30.5 Å². The van der Waals surface area contributed by atoms with Crippen LogP contribution in [0, 0.1) is 5.82 Å². The van der Waals surface area contributed by atoms with Crippen LogP contribution < -0.4 is 19.5 Å². The highest BCUT2D eigenvalue weighted by Crippen LogP contribution is 2.45. The number of hydrogen-bond donors (Lipinski definition) is 1. The summed E-state index contributed by atoms with van der Waals surface area (Å²) in [5.74, 6) is 0.0299. The number of hydrogen-bond acceptors (Lipinski definition) is 8. The maximum atomic E-state index is 14.4. The van der Waals surface area contributed by atoms with Crippen molar-refractivity contribution >= 4 is 29.1 Å². The van der Waals surface area contributed by atoms with Crippen molar-refractivity contribution in [3.8, 4) is 17.2 Å². The molecule has 1 aliphatic heterocycles. The Hall–Kier alpha value is -4.67. The molecule has 9 nitrogen and oxygen atoms in total. The minimum atomic E-state index is -0.481. The minimum absolute atomic E-state index is 0.108. The standard InChI is InChI=1S/C37H42FN3O6/c1-25-30(29-11-10-28(38)21-32(29)31(25)22-35(42)39-23-26-8-6-5-7-9-26)18-27-19-33(44-3)37(34(20-27)45-4)47-24-36(43)46-17-16-41-14-12-40(2)13-15-41/h5-11,18-21H,12-17,22-24H2,1-4H3,(H,39,42). The van der Waals surface area contributed by atoms with Crippen molar-refractivity contribution in [2.24, 2.45) is 0 Å². The number of fused-ring (bicyclic) bond motifs is 1. The number of likely N-dealkylation sites (N-methyl/N-ethyl adjacent to an activating group) is 1. The number of piperazine rings is 1. The molecular weight excluding hydrogens is 601 g/mol. The molecule has 10 heteroatoms. The monoisotopic (exact) mass is 643 g/mol. The van der Waals surface area contributed by atoms with E-state index in [1.165, 1.54) is 26.4 Å². The largest absolute Gasteiger partial charge is 0.493 e. The summed E-state index contributed by atoms with van der Waals surface area (Å²) in [6.07, 6.45) is 2.06. The number of carbonyl (C=O) groups is 2. The van der Waals surface area contributed by atoms with Gasteiger partial charge in [-0.1, -0.05) is 36.4 Å². The first-order chi connectivity index (χ1) is 22.7. The lowest BCUT2D eigenvalue weighted by Crippen LogP contribution is -2.45. The Bertz CT molecular complexity index is 1620. The number of allylic oxidation sites excluding steroid dienone is 2. The molecule has 2 aliphatic rings. The highest BCUT2D eigenvalue weighted by molar-refractivity contribution is 6.08. The average Bonchev–Trinajstić information content (AvgIpc) is 3.32. The number of amides is 1. The molecule has 0 bridgehead atoms. The molecule has 47 heavy (non-hydrogen) atoms. The molecule has 1 amide bonds. The maximum absolute atomic E-state index is 14.4. The molecule has 1 saturated heterocycles. The summed E-state index contributed by atoms with van der Waals surface area (Å²) in [4.78, 5) is 30.0. The van der Waals surface area contributed by atoms with Crippen LogP contribution in [0.3, 0.4) is 0 Å². The number of esters is 1. The fourth-order valence-corrected chi connectivity index (χ4v) is 5.83. The lowest BCUT2D eigenvalue weighted by molar-refractivity contribution is -0.146. The van der Waals surface area contributed by atoms with Gasteiger partial charge in [0.1, 0.15) is 12.4 Å². The predicted molar refractivity (Wildman–Crippen MR) is 180 cm³/mol. The Morgan fingerprint density at radius 2 is 1.64 bits per heavy atom. The first kappa shape index (κ1) is 33.7. The molecule has 0 unspecified atom stereocenters. The molecule has 0 saturated carbocycles. The summed E-state index contributed by atoms with van der Waals surface area (Å²) in [5.41, 5.74) is 5.74. The molecule has 3 aromatic carbocycles. The lowest BCUT2D eigenvalue weighted by atomic mass is 10.00.